The molecule has 1 aromatic heterocycles. The summed E-state index contributed by atoms with van der Waals surface area (Å²) in [5.41, 5.74) is -0.0430. The molecule has 1 N–H and O–H groups in total. The molecule has 98 valence electrons. The molecule has 0 atom stereocenters. The highest BCUT2D eigenvalue weighted by Gasteiger charge is 2.25. The minimum absolute atomic E-state index is 0.0430. The largest absolute Gasteiger partial charge is 0.357 e. The Kier molecular flexibility index (Phi) is 3.56. The Morgan fingerprint density at radius 1 is 1.39 bits per heavy atom. The van der Waals surface area contributed by atoms with Crippen molar-refractivity contribution in [2.75, 3.05) is 50.5 Å². The number of nitrogens with one attached hydrogen (secondary N) is 1. The third-order valence-corrected chi connectivity index (χ3v) is 2.97. The van der Waals surface area contributed by atoms with Gasteiger partial charge in [0.05, 0.1) is 4.92 Å². The predicted molar refractivity (Wildman–Crippen MR) is 67.9 cm³/mol. The molecule has 0 amide bonds. The Morgan fingerprint density at radius 3 is 2.61 bits per heavy atom. The molecule has 0 unspecified atom stereocenters. The summed E-state index contributed by atoms with van der Waals surface area (Å²) in [4.78, 5) is 22.8. The van der Waals surface area contributed by atoms with Crippen molar-refractivity contribution in [1.82, 2.24) is 14.9 Å². The van der Waals surface area contributed by atoms with Crippen molar-refractivity contribution in [3.63, 3.8) is 0 Å². The Hall–Kier alpha value is -1.96. The molecule has 2 rings (SSSR count). The average molecular weight is 252 g/mol. The number of rotatable bonds is 3. The highest BCUT2D eigenvalue weighted by molar-refractivity contribution is 5.59. The van der Waals surface area contributed by atoms with Gasteiger partial charge in [-0.1, -0.05) is 0 Å². The molecule has 0 aliphatic carbocycles. The third kappa shape index (κ3) is 2.48. The standard InChI is InChI=1S/C10H16N6O2/c1-11-10-12-7-8(16(17)18)9(13-10)15-5-3-14(2)4-6-15/h7H,3-6H2,1-2H3,(H,11,12,13). The molecule has 0 saturated carbocycles. The van der Waals surface area contributed by atoms with Gasteiger partial charge in [-0.15, -0.1) is 0 Å². The van der Waals surface area contributed by atoms with Crippen molar-refractivity contribution in [1.29, 1.82) is 0 Å². The van der Waals surface area contributed by atoms with Crippen molar-refractivity contribution in [2.24, 2.45) is 0 Å². The second-order valence-corrected chi connectivity index (χ2v) is 4.20. The van der Waals surface area contributed by atoms with Gasteiger partial charge in [-0.3, -0.25) is 10.1 Å². The number of anilines is 2. The van der Waals surface area contributed by atoms with Crippen LogP contribution in [0.3, 0.4) is 0 Å². The summed E-state index contributed by atoms with van der Waals surface area (Å²) in [5, 5.41) is 13.8. The van der Waals surface area contributed by atoms with E-state index in [1.165, 1.54) is 6.20 Å². The van der Waals surface area contributed by atoms with Gasteiger partial charge in [-0.25, -0.2) is 4.98 Å². The maximum atomic E-state index is 11.0. The van der Waals surface area contributed by atoms with E-state index in [-0.39, 0.29) is 5.69 Å². The zero-order chi connectivity index (χ0) is 13.1. The van der Waals surface area contributed by atoms with Crippen LogP contribution in [0.1, 0.15) is 0 Å². The molecule has 2 heterocycles. The number of piperazine rings is 1. The molecule has 0 bridgehead atoms. The van der Waals surface area contributed by atoms with Crippen molar-refractivity contribution < 1.29 is 4.92 Å². The number of likely N-dealkylation sites (N-methyl/N-ethyl adjacent to an activating group) is 1. The Morgan fingerprint density at radius 2 is 2.06 bits per heavy atom. The normalized spacial score (nSPS) is 16.7. The van der Waals surface area contributed by atoms with Gasteiger partial charge >= 0.3 is 5.69 Å². The van der Waals surface area contributed by atoms with Gasteiger partial charge in [-0.05, 0) is 7.05 Å². The smallest absolute Gasteiger partial charge is 0.329 e. The highest BCUT2D eigenvalue weighted by Crippen LogP contribution is 2.26. The molecule has 0 radical (unpaired) electrons. The van der Waals surface area contributed by atoms with Crippen LogP contribution in [0.15, 0.2) is 6.20 Å². The first kappa shape index (κ1) is 12.5. The lowest BCUT2D eigenvalue weighted by Gasteiger charge is -2.32. The lowest BCUT2D eigenvalue weighted by Crippen LogP contribution is -2.45. The molecule has 1 aliphatic rings. The van der Waals surface area contributed by atoms with Gasteiger partial charge in [0.15, 0.2) is 0 Å². The summed E-state index contributed by atoms with van der Waals surface area (Å²) in [6.07, 6.45) is 1.26. The Balaban J connectivity index is 2.31. The van der Waals surface area contributed by atoms with E-state index < -0.39 is 4.92 Å². The zero-order valence-electron chi connectivity index (χ0n) is 10.5. The molecular formula is C10H16N6O2. The van der Waals surface area contributed by atoms with Gasteiger partial charge < -0.3 is 15.1 Å². The summed E-state index contributed by atoms with van der Waals surface area (Å²) >= 11 is 0. The third-order valence-electron chi connectivity index (χ3n) is 2.97. The van der Waals surface area contributed by atoms with E-state index in [1.807, 2.05) is 11.9 Å². The molecule has 1 aliphatic heterocycles. The van der Waals surface area contributed by atoms with Gasteiger partial charge in [0.1, 0.15) is 6.20 Å². The average Bonchev–Trinajstić information content (AvgIpc) is 2.38. The quantitative estimate of drug-likeness (QED) is 0.606. The van der Waals surface area contributed by atoms with Crippen LogP contribution in [0.2, 0.25) is 0 Å². The van der Waals surface area contributed by atoms with E-state index in [1.54, 1.807) is 7.05 Å². The van der Waals surface area contributed by atoms with Crippen LogP contribution >= 0.6 is 0 Å². The maximum Gasteiger partial charge on any atom is 0.329 e. The van der Waals surface area contributed by atoms with E-state index in [0.717, 1.165) is 26.2 Å². The summed E-state index contributed by atoms with van der Waals surface area (Å²) in [6, 6.07) is 0. The van der Waals surface area contributed by atoms with Gasteiger partial charge in [0.25, 0.3) is 0 Å². The SMILES string of the molecule is CNc1ncc([N+](=O)[O-])c(N2CCN(C)CC2)n1. The second-order valence-electron chi connectivity index (χ2n) is 4.20. The monoisotopic (exact) mass is 252 g/mol. The fraction of sp³-hybridized carbons (Fsp3) is 0.600. The van der Waals surface area contributed by atoms with Gasteiger partial charge in [0.2, 0.25) is 11.8 Å². The van der Waals surface area contributed by atoms with E-state index in [4.69, 9.17) is 0 Å². The van der Waals surface area contributed by atoms with Crippen molar-refractivity contribution >= 4 is 17.5 Å². The van der Waals surface area contributed by atoms with E-state index in [2.05, 4.69) is 20.2 Å². The lowest BCUT2D eigenvalue weighted by atomic mass is 10.3. The van der Waals surface area contributed by atoms with E-state index in [0.29, 0.717) is 11.8 Å². The number of aromatic nitrogens is 2. The van der Waals surface area contributed by atoms with Crippen LogP contribution in [0.4, 0.5) is 17.5 Å². The molecule has 0 aromatic carbocycles. The number of nitrogens with zero attached hydrogens (tertiary/aromatic N) is 5. The fourth-order valence-electron chi connectivity index (χ4n) is 1.87. The fourth-order valence-corrected chi connectivity index (χ4v) is 1.87. The van der Waals surface area contributed by atoms with Crippen LogP contribution in [-0.4, -0.2) is 60.1 Å². The van der Waals surface area contributed by atoms with Crippen molar-refractivity contribution in [3.05, 3.63) is 16.3 Å². The molecular weight excluding hydrogens is 236 g/mol. The minimum atomic E-state index is -0.437. The highest BCUT2D eigenvalue weighted by atomic mass is 16.6. The summed E-state index contributed by atoms with van der Waals surface area (Å²) in [7, 11) is 3.72. The summed E-state index contributed by atoms with van der Waals surface area (Å²) < 4.78 is 0. The maximum absolute atomic E-state index is 11.0. The first-order valence-electron chi connectivity index (χ1n) is 5.74. The van der Waals surface area contributed by atoms with Crippen LogP contribution < -0.4 is 10.2 Å². The predicted octanol–water partition coefficient (Wildman–Crippen LogP) is 0.178. The molecule has 8 nitrogen and oxygen atoms in total. The molecule has 1 fully saturated rings. The molecule has 0 spiro atoms. The first-order chi connectivity index (χ1) is 8.61. The summed E-state index contributed by atoms with van der Waals surface area (Å²) in [6.45, 7) is 3.21. The van der Waals surface area contributed by atoms with E-state index >= 15 is 0 Å². The summed E-state index contributed by atoms with van der Waals surface area (Å²) in [5.74, 6) is 0.793. The topological polar surface area (TPSA) is 87.4 Å². The minimum Gasteiger partial charge on any atom is -0.357 e. The lowest BCUT2D eigenvalue weighted by molar-refractivity contribution is -0.384. The van der Waals surface area contributed by atoms with Crippen LogP contribution in [0.5, 0.6) is 0 Å². The van der Waals surface area contributed by atoms with Crippen LogP contribution in [-0.2, 0) is 0 Å². The molecule has 8 heteroatoms. The van der Waals surface area contributed by atoms with Gasteiger partial charge in [-0.2, -0.15) is 4.98 Å². The Labute approximate surface area is 105 Å². The number of hydrogen-bond acceptors (Lipinski definition) is 7. The van der Waals surface area contributed by atoms with Crippen LogP contribution in [0, 0.1) is 10.1 Å². The molecule has 1 saturated heterocycles. The zero-order valence-corrected chi connectivity index (χ0v) is 10.5. The van der Waals surface area contributed by atoms with Gasteiger partial charge in [0, 0.05) is 33.2 Å². The number of nitro groups is 1. The number of hydrogen-bond donors (Lipinski definition) is 1. The van der Waals surface area contributed by atoms with Crippen LogP contribution in [0.25, 0.3) is 0 Å². The van der Waals surface area contributed by atoms with E-state index in [9.17, 15) is 10.1 Å². The van der Waals surface area contributed by atoms with Crippen molar-refractivity contribution in [2.45, 2.75) is 0 Å². The Bertz CT molecular complexity index is 444. The molecule has 1 aromatic rings. The first-order valence-corrected chi connectivity index (χ1v) is 5.74. The molecule has 18 heavy (non-hydrogen) atoms. The second kappa shape index (κ2) is 5.13. The van der Waals surface area contributed by atoms with Crippen molar-refractivity contribution in [3.8, 4) is 0 Å².